The molecule has 0 amide bonds. The molecule has 2 rings (SSSR count). The lowest BCUT2D eigenvalue weighted by Gasteiger charge is -2.10. The van der Waals surface area contributed by atoms with Gasteiger partial charge < -0.3 is 0 Å². The van der Waals surface area contributed by atoms with E-state index < -0.39 is 5.82 Å². The van der Waals surface area contributed by atoms with Gasteiger partial charge in [-0.3, -0.25) is 0 Å². The summed E-state index contributed by atoms with van der Waals surface area (Å²) in [5.41, 5.74) is 0. The summed E-state index contributed by atoms with van der Waals surface area (Å²) in [7, 11) is -0.315. The third kappa shape index (κ3) is 1.88. The molecule has 1 aliphatic heterocycles. The summed E-state index contributed by atoms with van der Waals surface area (Å²) in [6.07, 6.45) is 4.61. The van der Waals surface area contributed by atoms with Crippen molar-refractivity contribution in [3.63, 3.8) is 0 Å². The molecule has 1 fully saturated rings. The highest BCUT2D eigenvalue weighted by Gasteiger charge is 2.19. The van der Waals surface area contributed by atoms with Gasteiger partial charge in [-0.05, 0) is 37.3 Å². The van der Waals surface area contributed by atoms with Crippen LogP contribution < -0.4 is 5.30 Å². The van der Waals surface area contributed by atoms with Crippen molar-refractivity contribution in [2.75, 3.05) is 12.3 Å². The lowest BCUT2D eigenvalue weighted by atomic mass is 10.3. The molecule has 0 spiro atoms. The number of rotatable bonds is 1. The highest BCUT2D eigenvalue weighted by molar-refractivity contribution is 7.65. The molecule has 0 aliphatic carbocycles. The second-order valence-electron chi connectivity index (χ2n) is 3.29. The maximum absolute atomic E-state index is 13.3. The Morgan fingerprint density at radius 3 is 2.38 bits per heavy atom. The van der Waals surface area contributed by atoms with Crippen LogP contribution in [0.5, 0.6) is 0 Å². The second-order valence-corrected chi connectivity index (χ2v) is 5.75. The van der Waals surface area contributed by atoms with E-state index in [1.54, 1.807) is 6.07 Å². The quantitative estimate of drug-likeness (QED) is 0.611. The lowest BCUT2D eigenvalue weighted by Crippen LogP contribution is -2.07. The van der Waals surface area contributed by atoms with Crippen molar-refractivity contribution in [3.8, 4) is 0 Å². The summed E-state index contributed by atoms with van der Waals surface area (Å²) in [5.74, 6) is -0.830. The van der Waals surface area contributed by atoms with Crippen LogP contribution >= 0.6 is 7.92 Å². The van der Waals surface area contributed by atoms with E-state index in [-0.39, 0.29) is 13.7 Å². The van der Waals surface area contributed by atoms with Gasteiger partial charge in [-0.25, -0.2) is 8.78 Å². The Morgan fingerprint density at radius 2 is 1.77 bits per heavy atom. The van der Waals surface area contributed by atoms with Gasteiger partial charge in [0, 0.05) is 11.4 Å². The van der Waals surface area contributed by atoms with Crippen LogP contribution in [0.1, 0.15) is 12.8 Å². The second kappa shape index (κ2) is 3.71. The maximum Gasteiger partial charge on any atom is 0.133 e. The molecule has 3 heteroatoms. The monoisotopic (exact) mass is 200 g/mol. The standard InChI is InChI=1S/C10H11F2P/c11-8-3-4-10(9(12)7-8)13-5-1-2-6-13/h3-4,7H,1-2,5-6H2. The zero-order chi connectivity index (χ0) is 9.26. The van der Waals surface area contributed by atoms with Crippen LogP contribution in [0.3, 0.4) is 0 Å². The molecule has 0 aromatic heterocycles. The van der Waals surface area contributed by atoms with Crippen LogP contribution in [0.15, 0.2) is 18.2 Å². The van der Waals surface area contributed by atoms with Gasteiger partial charge in [0.2, 0.25) is 0 Å². The van der Waals surface area contributed by atoms with Gasteiger partial charge >= 0.3 is 0 Å². The third-order valence-electron chi connectivity index (χ3n) is 2.36. The molecule has 1 heterocycles. The first-order chi connectivity index (χ1) is 6.27. The van der Waals surface area contributed by atoms with E-state index in [0.717, 1.165) is 23.7 Å². The molecule has 0 nitrogen and oxygen atoms in total. The fourth-order valence-electron chi connectivity index (χ4n) is 1.70. The van der Waals surface area contributed by atoms with Gasteiger partial charge in [0.15, 0.2) is 0 Å². The van der Waals surface area contributed by atoms with Crippen LogP contribution in [-0.4, -0.2) is 12.3 Å². The summed E-state index contributed by atoms with van der Waals surface area (Å²) in [4.78, 5) is 0. The molecule has 0 saturated carbocycles. The molecule has 70 valence electrons. The average Bonchev–Trinajstić information content (AvgIpc) is 2.56. The molecule has 0 radical (unpaired) electrons. The topological polar surface area (TPSA) is 0 Å². The van der Waals surface area contributed by atoms with Crippen LogP contribution in [0.25, 0.3) is 0 Å². The van der Waals surface area contributed by atoms with Crippen LogP contribution in [0, 0.1) is 11.6 Å². The molecule has 13 heavy (non-hydrogen) atoms. The first kappa shape index (κ1) is 9.08. The number of hydrogen-bond acceptors (Lipinski definition) is 0. The molecule has 1 aliphatic rings. The van der Waals surface area contributed by atoms with Crippen LogP contribution in [0.2, 0.25) is 0 Å². The largest absolute Gasteiger partial charge is 0.207 e. The molecule has 1 aromatic rings. The van der Waals surface area contributed by atoms with Crippen molar-refractivity contribution >= 4 is 13.2 Å². The van der Waals surface area contributed by atoms with E-state index in [4.69, 9.17) is 0 Å². The molecule has 0 unspecified atom stereocenters. The normalized spacial score (nSPS) is 18.0. The van der Waals surface area contributed by atoms with Gasteiger partial charge in [0.1, 0.15) is 11.6 Å². The molecular weight excluding hydrogens is 189 g/mol. The fourth-order valence-corrected chi connectivity index (χ4v) is 4.26. The summed E-state index contributed by atoms with van der Waals surface area (Å²) in [5, 5.41) is 0.758. The van der Waals surface area contributed by atoms with Crippen molar-refractivity contribution < 1.29 is 8.78 Å². The van der Waals surface area contributed by atoms with Gasteiger partial charge in [-0.15, -0.1) is 0 Å². The predicted molar refractivity (Wildman–Crippen MR) is 51.9 cm³/mol. The van der Waals surface area contributed by atoms with Crippen molar-refractivity contribution in [2.24, 2.45) is 0 Å². The maximum atomic E-state index is 13.3. The molecule has 0 bridgehead atoms. The Balaban J connectivity index is 2.29. The zero-order valence-corrected chi connectivity index (χ0v) is 8.16. The Morgan fingerprint density at radius 1 is 1.08 bits per heavy atom. The fraction of sp³-hybridized carbons (Fsp3) is 0.400. The molecule has 1 aromatic carbocycles. The molecule has 0 atom stereocenters. The average molecular weight is 200 g/mol. The third-order valence-corrected chi connectivity index (χ3v) is 5.11. The van der Waals surface area contributed by atoms with Gasteiger partial charge in [-0.1, -0.05) is 7.92 Å². The van der Waals surface area contributed by atoms with Crippen molar-refractivity contribution in [3.05, 3.63) is 29.8 Å². The first-order valence-electron chi connectivity index (χ1n) is 4.47. The Labute approximate surface area is 77.7 Å². The minimum atomic E-state index is -0.476. The SMILES string of the molecule is Fc1ccc(P2CCCC2)c(F)c1. The van der Waals surface area contributed by atoms with Gasteiger partial charge in [-0.2, -0.15) is 0 Å². The highest BCUT2D eigenvalue weighted by Crippen LogP contribution is 2.42. The van der Waals surface area contributed by atoms with Crippen molar-refractivity contribution in [1.82, 2.24) is 0 Å². The minimum Gasteiger partial charge on any atom is -0.207 e. The zero-order valence-electron chi connectivity index (χ0n) is 7.26. The molecule has 1 saturated heterocycles. The number of benzene rings is 1. The molecular formula is C10H11F2P. The van der Waals surface area contributed by atoms with E-state index >= 15 is 0 Å². The van der Waals surface area contributed by atoms with Crippen molar-refractivity contribution in [1.29, 1.82) is 0 Å². The van der Waals surface area contributed by atoms with E-state index in [1.165, 1.54) is 18.9 Å². The highest BCUT2D eigenvalue weighted by atomic mass is 31.1. The summed E-state index contributed by atoms with van der Waals surface area (Å²) in [6, 6.07) is 3.97. The summed E-state index contributed by atoms with van der Waals surface area (Å²) < 4.78 is 25.9. The smallest absolute Gasteiger partial charge is 0.133 e. The van der Waals surface area contributed by atoms with E-state index in [1.807, 2.05) is 0 Å². The Hall–Kier alpha value is -0.490. The van der Waals surface area contributed by atoms with Crippen molar-refractivity contribution in [2.45, 2.75) is 12.8 Å². The number of halogens is 2. The summed E-state index contributed by atoms with van der Waals surface area (Å²) >= 11 is 0. The minimum absolute atomic E-state index is 0.315. The molecule has 0 N–H and O–H groups in total. The Kier molecular flexibility index (Phi) is 2.59. The lowest BCUT2D eigenvalue weighted by molar-refractivity contribution is 0.588. The van der Waals surface area contributed by atoms with Crippen LogP contribution in [-0.2, 0) is 0 Å². The summed E-state index contributed by atoms with van der Waals surface area (Å²) in [6.45, 7) is 0. The van der Waals surface area contributed by atoms with Gasteiger partial charge in [0.25, 0.3) is 0 Å². The predicted octanol–water partition coefficient (Wildman–Crippen LogP) is 2.87. The first-order valence-corrected chi connectivity index (χ1v) is 6.18. The van der Waals surface area contributed by atoms with Crippen LogP contribution in [0.4, 0.5) is 8.78 Å². The Bertz CT molecular complexity index is 306. The van der Waals surface area contributed by atoms with E-state index in [2.05, 4.69) is 0 Å². The van der Waals surface area contributed by atoms with Gasteiger partial charge in [0.05, 0.1) is 0 Å². The number of hydrogen-bond donors (Lipinski definition) is 0. The van der Waals surface area contributed by atoms with E-state index in [9.17, 15) is 8.78 Å². The van der Waals surface area contributed by atoms with E-state index in [0.29, 0.717) is 0 Å².